The fourth-order valence-corrected chi connectivity index (χ4v) is 3.52. The van der Waals surface area contributed by atoms with Crippen LogP contribution < -0.4 is 5.32 Å². The number of nitrogens with one attached hydrogen (secondary N) is 1. The minimum absolute atomic E-state index is 0.0564. The highest BCUT2D eigenvalue weighted by Crippen LogP contribution is 2.23. The van der Waals surface area contributed by atoms with E-state index in [0.29, 0.717) is 11.6 Å². The molecule has 3 rings (SSSR count). The van der Waals surface area contributed by atoms with E-state index in [-0.39, 0.29) is 23.2 Å². The van der Waals surface area contributed by atoms with Crippen LogP contribution in [0.3, 0.4) is 0 Å². The number of benzene rings is 1. The molecule has 1 N–H and O–H groups in total. The van der Waals surface area contributed by atoms with Gasteiger partial charge in [-0.1, -0.05) is 0 Å². The molecule has 0 aromatic heterocycles. The number of ketones is 1. The molecule has 1 unspecified atom stereocenters. The molecular formula is C18H25FN2O2. The van der Waals surface area contributed by atoms with Gasteiger partial charge in [0.1, 0.15) is 11.5 Å². The van der Waals surface area contributed by atoms with Crippen molar-refractivity contribution in [3.05, 3.63) is 35.6 Å². The fraction of sp³-hybridized carbons (Fsp3) is 0.611. The van der Waals surface area contributed by atoms with E-state index in [0.717, 1.165) is 39.1 Å². The van der Waals surface area contributed by atoms with E-state index in [4.69, 9.17) is 4.74 Å². The van der Waals surface area contributed by atoms with Gasteiger partial charge in [-0.3, -0.25) is 10.1 Å². The Hall–Kier alpha value is -1.30. The van der Waals surface area contributed by atoms with Crippen molar-refractivity contribution in [2.24, 2.45) is 5.92 Å². The third kappa shape index (κ3) is 4.16. The van der Waals surface area contributed by atoms with Gasteiger partial charge in [-0.25, -0.2) is 4.39 Å². The predicted molar refractivity (Wildman–Crippen MR) is 86.8 cm³/mol. The van der Waals surface area contributed by atoms with Gasteiger partial charge in [0.2, 0.25) is 0 Å². The average Bonchev–Trinajstić information content (AvgIpc) is 2.87. The Bertz CT molecular complexity index is 551. The summed E-state index contributed by atoms with van der Waals surface area (Å²) < 4.78 is 18.7. The first-order valence-electron chi connectivity index (χ1n) is 8.37. The highest BCUT2D eigenvalue weighted by Gasteiger charge is 2.33. The lowest BCUT2D eigenvalue weighted by atomic mass is 9.89. The van der Waals surface area contributed by atoms with E-state index in [1.807, 2.05) is 13.8 Å². The summed E-state index contributed by atoms with van der Waals surface area (Å²) in [5, 5.41) is 3.48. The summed E-state index contributed by atoms with van der Waals surface area (Å²) in [5.41, 5.74) is 0.388. The molecule has 1 aromatic rings. The molecule has 5 heteroatoms. The molecule has 0 aliphatic carbocycles. The largest absolute Gasteiger partial charge is 0.360 e. The van der Waals surface area contributed by atoms with Gasteiger partial charge < -0.3 is 9.64 Å². The lowest BCUT2D eigenvalue weighted by molar-refractivity contribution is 0.0230. The number of hydrogen-bond donors (Lipinski definition) is 1. The zero-order chi connectivity index (χ0) is 16.4. The molecule has 2 aliphatic heterocycles. The summed E-state index contributed by atoms with van der Waals surface area (Å²) in [5.74, 6) is -0.0976. The summed E-state index contributed by atoms with van der Waals surface area (Å²) in [6.07, 6.45) is 1.74. The maximum atomic E-state index is 13.0. The van der Waals surface area contributed by atoms with Crippen molar-refractivity contribution in [1.29, 1.82) is 0 Å². The molecule has 0 spiro atoms. The molecule has 1 atom stereocenters. The molecule has 2 heterocycles. The van der Waals surface area contributed by atoms with E-state index < -0.39 is 0 Å². The first kappa shape index (κ1) is 16.6. The summed E-state index contributed by atoms with van der Waals surface area (Å²) in [4.78, 5) is 14.9. The predicted octanol–water partition coefficient (Wildman–Crippen LogP) is 2.44. The van der Waals surface area contributed by atoms with E-state index in [2.05, 4.69) is 10.2 Å². The molecule has 1 aromatic carbocycles. The van der Waals surface area contributed by atoms with Gasteiger partial charge >= 0.3 is 0 Å². The maximum Gasteiger partial charge on any atom is 0.166 e. The molecule has 126 valence electrons. The monoisotopic (exact) mass is 320 g/mol. The van der Waals surface area contributed by atoms with Gasteiger partial charge in [-0.15, -0.1) is 0 Å². The van der Waals surface area contributed by atoms with E-state index in [1.54, 1.807) is 12.1 Å². The topological polar surface area (TPSA) is 41.6 Å². The second-order valence-electron chi connectivity index (χ2n) is 7.11. The third-order valence-corrected chi connectivity index (χ3v) is 4.76. The van der Waals surface area contributed by atoms with Gasteiger partial charge in [0, 0.05) is 24.1 Å². The molecule has 0 bridgehead atoms. The molecule has 4 nitrogen and oxygen atoms in total. The van der Waals surface area contributed by atoms with Crippen LogP contribution in [0.2, 0.25) is 0 Å². The standard InChI is InChI=1S/C18H25FN2O2/c1-18(2)20-16(12-23-18)11-21-9-7-14(8-10-21)17(22)13-3-5-15(19)6-4-13/h3-6,14,16,20H,7-12H2,1-2H3. The molecule has 23 heavy (non-hydrogen) atoms. The van der Waals surface area contributed by atoms with Gasteiger partial charge in [-0.05, 0) is 64.0 Å². The second-order valence-corrected chi connectivity index (χ2v) is 7.11. The number of nitrogens with zero attached hydrogens (tertiary/aromatic N) is 1. The molecule has 0 radical (unpaired) electrons. The summed E-state index contributed by atoms with van der Waals surface area (Å²) in [7, 11) is 0. The lowest BCUT2D eigenvalue weighted by Crippen LogP contribution is -2.47. The Kier molecular flexibility index (Phi) is 4.80. The van der Waals surface area contributed by atoms with Crippen molar-refractivity contribution < 1.29 is 13.9 Å². The number of likely N-dealkylation sites (tertiary alicyclic amines) is 1. The zero-order valence-electron chi connectivity index (χ0n) is 13.8. The number of carbonyl (C=O) groups excluding carboxylic acids is 1. The number of rotatable bonds is 4. The summed E-state index contributed by atoms with van der Waals surface area (Å²) in [6, 6.07) is 6.25. The number of hydrogen-bond acceptors (Lipinski definition) is 4. The van der Waals surface area contributed by atoms with Gasteiger partial charge in [0.25, 0.3) is 0 Å². The van der Waals surface area contributed by atoms with Crippen LogP contribution in [0.15, 0.2) is 24.3 Å². The quantitative estimate of drug-likeness (QED) is 0.865. The minimum Gasteiger partial charge on any atom is -0.360 e. The number of carbonyl (C=O) groups is 1. The van der Waals surface area contributed by atoms with Crippen LogP contribution >= 0.6 is 0 Å². The van der Waals surface area contributed by atoms with Crippen molar-refractivity contribution in [3.8, 4) is 0 Å². The van der Waals surface area contributed by atoms with Gasteiger partial charge in [-0.2, -0.15) is 0 Å². The van der Waals surface area contributed by atoms with Crippen LogP contribution in [0.1, 0.15) is 37.0 Å². The number of piperidine rings is 1. The van der Waals surface area contributed by atoms with Crippen LogP contribution in [0.25, 0.3) is 0 Å². The second kappa shape index (κ2) is 6.67. The molecular weight excluding hydrogens is 295 g/mol. The Morgan fingerprint density at radius 2 is 1.96 bits per heavy atom. The van der Waals surface area contributed by atoms with Crippen LogP contribution in [0.4, 0.5) is 4.39 Å². The Morgan fingerprint density at radius 3 is 2.52 bits per heavy atom. The minimum atomic E-state index is -0.300. The van der Waals surface area contributed by atoms with Crippen molar-refractivity contribution in [2.75, 3.05) is 26.2 Å². The van der Waals surface area contributed by atoms with Crippen LogP contribution in [-0.2, 0) is 4.74 Å². The lowest BCUT2D eigenvalue weighted by Gasteiger charge is -2.33. The van der Waals surface area contributed by atoms with Crippen molar-refractivity contribution in [1.82, 2.24) is 10.2 Å². The van der Waals surface area contributed by atoms with Gasteiger partial charge in [0.05, 0.1) is 6.61 Å². The van der Waals surface area contributed by atoms with Crippen LogP contribution in [-0.4, -0.2) is 48.7 Å². The SMILES string of the molecule is CC1(C)NC(CN2CCC(C(=O)c3ccc(F)cc3)CC2)CO1. The molecule has 0 saturated carbocycles. The summed E-state index contributed by atoms with van der Waals surface area (Å²) >= 11 is 0. The maximum absolute atomic E-state index is 13.0. The highest BCUT2D eigenvalue weighted by atomic mass is 19.1. The molecule has 2 saturated heterocycles. The first-order valence-corrected chi connectivity index (χ1v) is 8.37. The smallest absolute Gasteiger partial charge is 0.166 e. The van der Waals surface area contributed by atoms with Crippen LogP contribution in [0, 0.1) is 11.7 Å². The average molecular weight is 320 g/mol. The van der Waals surface area contributed by atoms with E-state index >= 15 is 0 Å². The number of Topliss-reactive ketones (excluding diaryl/α,β-unsaturated/α-hetero) is 1. The van der Waals surface area contributed by atoms with Crippen molar-refractivity contribution >= 4 is 5.78 Å². The highest BCUT2D eigenvalue weighted by molar-refractivity contribution is 5.97. The normalized spacial score (nSPS) is 25.6. The fourth-order valence-electron chi connectivity index (χ4n) is 3.52. The number of halogens is 1. The zero-order valence-corrected chi connectivity index (χ0v) is 13.8. The third-order valence-electron chi connectivity index (χ3n) is 4.76. The van der Waals surface area contributed by atoms with Crippen molar-refractivity contribution in [3.63, 3.8) is 0 Å². The van der Waals surface area contributed by atoms with E-state index in [1.165, 1.54) is 12.1 Å². The van der Waals surface area contributed by atoms with E-state index in [9.17, 15) is 9.18 Å². The van der Waals surface area contributed by atoms with Gasteiger partial charge in [0.15, 0.2) is 5.78 Å². The van der Waals surface area contributed by atoms with Crippen LogP contribution in [0.5, 0.6) is 0 Å². The Morgan fingerprint density at radius 1 is 1.30 bits per heavy atom. The summed E-state index contributed by atoms with van der Waals surface area (Å²) in [6.45, 7) is 7.63. The molecule has 0 amide bonds. The molecule has 2 aliphatic rings. The van der Waals surface area contributed by atoms with Crippen molar-refractivity contribution in [2.45, 2.75) is 38.5 Å². The Labute approximate surface area is 137 Å². The molecule has 2 fully saturated rings. The Balaban J connectivity index is 1.48. The number of ether oxygens (including phenoxy) is 1. The first-order chi connectivity index (χ1) is 10.9.